The maximum absolute atomic E-state index is 14.0. The predicted molar refractivity (Wildman–Crippen MR) is 163 cm³/mol. The molecule has 0 atom stereocenters. The number of para-hydroxylation sites is 1. The van der Waals surface area contributed by atoms with Crippen molar-refractivity contribution >= 4 is 92.3 Å². The first-order valence-electron chi connectivity index (χ1n) is 11.5. The van der Waals surface area contributed by atoms with Crippen LogP contribution in [0.1, 0.15) is 36.7 Å². The Morgan fingerprint density at radius 3 is 2.08 bits per heavy atom. The van der Waals surface area contributed by atoms with Crippen LogP contribution in [-0.2, 0) is 19.1 Å². The third-order valence-corrected chi connectivity index (χ3v) is 9.95. The van der Waals surface area contributed by atoms with Gasteiger partial charge >= 0.3 is 11.9 Å². The van der Waals surface area contributed by atoms with Gasteiger partial charge in [-0.1, -0.05) is 47.9 Å². The first kappa shape index (κ1) is 28.7. The number of methoxy groups -OCH3 is 2. The highest BCUT2D eigenvalue weighted by Gasteiger charge is 2.47. The lowest BCUT2D eigenvalue weighted by atomic mass is 9.82. The number of fused-ring (bicyclic) bond motifs is 1. The van der Waals surface area contributed by atoms with E-state index in [0.29, 0.717) is 43.8 Å². The van der Waals surface area contributed by atoms with Crippen molar-refractivity contribution in [2.75, 3.05) is 25.7 Å². The Labute approximate surface area is 248 Å². The van der Waals surface area contributed by atoms with E-state index in [0.717, 1.165) is 27.1 Å². The summed E-state index contributed by atoms with van der Waals surface area (Å²) in [5.41, 5.74) is 1.46. The summed E-state index contributed by atoms with van der Waals surface area (Å²) in [6.45, 7) is 6.03. The highest BCUT2D eigenvalue weighted by molar-refractivity contribution is 14.1. The van der Waals surface area contributed by atoms with Crippen LogP contribution in [0, 0.1) is 3.57 Å². The van der Waals surface area contributed by atoms with E-state index in [1.807, 2.05) is 51.1 Å². The van der Waals surface area contributed by atoms with Crippen LogP contribution in [0.4, 0.5) is 5.69 Å². The van der Waals surface area contributed by atoms with Crippen LogP contribution in [0.2, 0.25) is 0 Å². The number of carbonyl (C=O) groups is 3. The maximum Gasteiger partial charge on any atom is 0.346 e. The van der Waals surface area contributed by atoms with E-state index in [1.165, 1.54) is 14.2 Å². The van der Waals surface area contributed by atoms with Crippen molar-refractivity contribution in [1.29, 1.82) is 0 Å². The predicted octanol–water partition coefficient (Wildman–Crippen LogP) is 6.21. The highest BCUT2D eigenvalue weighted by Crippen LogP contribution is 2.57. The SMILES string of the molecule is CCOc1cccc2c1N(C(=O)c1ccc(I)cc1)C(C)(C)C(=S)C2=C1SC(C(=O)OC)=C(C(=O)OC)S1. The quantitative estimate of drug-likeness (QED) is 0.159. The molecule has 198 valence electrons. The van der Waals surface area contributed by atoms with Gasteiger partial charge in [0.15, 0.2) is 0 Å². The Kier molecular flexibility index (Phi) is 8.60. The second-order valence-corrected chi connectivity index (χ2v) is 12.6. The number of nitrogens with zero attached hydrogens (tertiary/aromatic N) is 1. The molecule has 38 heavy (non-hydrogen) atoms. The second-order valence-electron chi connectivity index (χ2n) is 8.63. The molecule has 2 aliphatic rings. The van der Waals surface area contributed by atoms with E-state index in [1.54, 1.807) is 17.0 Å². The van der Waals surface area contributed by atoms with Gasteiger partial charge in [-0.3, -0.25) is 9.69 Å². The minimum absolute atomic E-state index is 0.132. The van der Waals surface area contributed by atoms with Crippen molar-refractivity contribution in [3.63, 3.8) is 0 Å². The number of hydrogen-bond donors (Lipinski definition) is 0. The monoisotopic (exact) mass is 681 g/mol. The number of carbonyl (C=O) groups excluding carboxylic acids is 3. The lowest BCUT2D eigenvalue weighted by Crippen LogP contribution is -2.56. The number of ether oxygens (including phenoxy) is 3. The molecule has 1 amide bonds. The Bertz CT molecular complexity index is 1380. The summed E-state index contributed by atoms with van der Waals surface area (Å²) in [7, 11) is 2.51. The molecule has 2 aliphatic heterocycles. The number of hydrogen-bond acceptors (Lipinski definition) is 9. The summed E-state index contributed by atoms with van der Waals surface area (Å²) in [5.74, 6) is -0.974. The molecule has 2 aromatic carbocycles. The maximum atomic E-state index is 14.0. The van der Waals surface area contributed by atoms with Gasteiger partial charge in [-0.25, -0.2) is 9.59 Å². The van der Waals surface area contributed by atoms with Gasteiger partial charge in [0.2, 0.25) is 0 Å². The van der Waals surface area contributed by atoms with E-state index in [4.69, 9.17) is 26.4 Å². The van der Waals surface area contributed by atoms with E-state index in [9.17, 15) is 14.4 Å². The number of thiocarbonyl (C=S) groups is 1. The molecule has 11 heteroatoms. The first-order chi connectivity index (χ1) is 18.1. The fourth-order valence-electron chi connectivity index (χ4n) is 4.17. The molecule has 2 aromatic rings. The molecule has 7 nitrogen and oxygen atoms in total. The van der Waals surface area contributed by atoms with Gasteiger partial charge in [-0.05, 0) is 73.7 Å². The van der Waals surface area contributed by atoms with Crippen LogP contribution in [0.3, 0.4) is 0 Å². The van der Waals surface area contributed by atoms with Crippen LogP contribution in [-0.4, -0.2) is 49.1 Å². The van der Waals surface area contributed by atoms with E-state index < -0.39 is 17.5 Å². The number of anilines is 1. The van der Waals surface area contributed by atoms with Crippen molar-refractivity contribution in [2.45, 2.75) is 26.3 Å². The van der Waals surface area contributed by atoms with Gasteiger partial charge in [0.05, 0.1) is 41.2 Å². The van der Waals surface area contributed by atoms with Crippen molar-refractivity contribution in [3.8, 4) is 5.75 Å². The minimum atomic E-state index is -0.960. The van der Waals surface area contributed by atoms with Crippen LogP contribution in [0.15, 0.2) is 56.5 Å². The number of benzene rings is 2. The molecule has 4 rings (SSSR count). The molecular weight excluding hydrogens is 657 g/mol. The zero-order valence-corrected chi connectivity index (χ0v) is 25.9. The Balaban J connectivity index is 1.96. The lowest BCUT2D eigenvalue weighted by Gasteiger charge is -2.45. The zero-order chi connectivity index (χ0) is 27.8. The molecule has 0 saturated carbocycles. The molecule has 0 N–H and O–H groups in total. The lowest BCUT2D eigenvalue weighted by molar-refractivity contribution is -0.138. The molecule has 0 aromatic heterocycles. The summed E-state index contributed by atoms with van der Waals surface area (Å²) < 4.78 is 17.5. The second kappa shape index (κ2) is 11.4. The zero-order valence-electron chi connectivity index (χ0n) is 21.2. The van der Waals surface area contributed by atoms with E-state index in [2.05, 4.69) is 22.6 Å². The summed E-state index contributed by atoms with van der Waals surface area (Å²) in [6.07, 6.45) is 0. The van der Waals surface area contributed by atoms with Gasteiger partial charge in [0, 0.05) is 20.3 Å². The summed E-state index contributed by atoms with van der Waals surface area (Å²) in [5, 5.41) is 0. The van der Waals surface area contributed by atoms with Crippen molar-refractivity contribution in [1.82, 2.24) is 0 Å². The van der Waals surface area contributed by atoms with Gasteiger partial charge in [0.1, 0.15) is 15.6 Å². The smallest absolute Gasteiger partial charge is 0.346 e. The van der Waals surface area contributed by atoms with Gasteiger partial charge < -0.3 is 14.2 Å². The molecule has 0 unspecified atom stereocenters. The molecule has 2 heterocycles. The average molecular weight is 682 g/mol. The molecule has 0 aliphatic carbocycles. The fourth-order valence-corrected chi connectivity index (χ4v) is 7.56. The van der Waals surface area contributed by atoms with Gasteiger partial charge in [0.25, 0.3) is 5.91 Å². The van der Waals surface area contributed by atoms with Crippen LogP contribution in [0.5, 0.6) is 5.75 Å². The largest absolute Gasteiger partial charge is 0.492 e. The standard InChI is InChI=1S/C27H24INO6S3/c1-6-35-17-9-7-8-16-18(26-37-20(24(31)33-4)21(38-26)25(32)34-5)22(36)27(2,3)29(19(16)17)23(30)14-10-12-15(28)13-11-14/h7-13H,6H2,1-5H3. The number of halogens is 1. The van der Waals surface area contributed by atoms with Crippen molar-refractivity contribution < 1.29 is 28.6 Å². The van der Waals surface area contributed by atoms with E-state index in [-0.39, 0.29) is 15.7 Å². The number of esters is 2. The molecular formula is C27H24INO6S3. The molecule has 0 radical (unpaired) electrons. The Morgan fingerprint density at radius 1 is 0.974 bits per heavy atom. The fraction of sp³-hybridized carbons (Fsp3) is 0.259. The molecule has 0 saturated heterocycles. The molecule has 0 spiro atoms. The summed E-state index contributed by atoms with van der Waals surface area (Å²) in [4.78, 5) is 41.5. The third kappa shape index (κ3) is 5.01. The highest BCUT2D eigenvalue weighted by atomic mass is 127. The number of thioether (sulfide) groups is 2. The summed E-state index contributed by atoms with van der Waals surface area (Å²) >= 11 is 10.5. The summed E-state index contributed by atoms with van der Waals surface area (Å²) in [6, 6.07) is 12.9. The third-order valence-electron chi connectivity index (χ3n) is 5.97. The number of rotatable bonds is 5. The van der Waals surface area contributed by atoms with Crippen LogP contribution >= 0.6 is 58.3 Å². The van der Waals surface area contributed by atoms with Gasteiger partial charge in [-0.2, -0.15) is 0 Å². The van der Waals surface area contributed by atoms with Crippen LogP contribution < -0.4 is 9.64 Å². The molecule has 0 bridgehead atoms. The van der Waals surface area contributed by atoms with Gasteiger partial charge in [-0.15, -0.1) is 0 Å². The Hall–Kier alpha value is -2.35. The van der Waals surface area contributed by atoms with Crippen molar-refractivity contribution in [3.05, 3.63) is 71.2 Å². The van der Waals surface area contributed by atoms with Crippen molar-refractivity contribution in [2.24, 2.45) is 0 Å². The molecule has 0 fully saturated rings. The number of amides is 1. The topological polar surface area (TPSA) is 82.1 Å². The minimum Gasteiger partial charge on any atom is -0.492 e. The average Bonchev–Trinajstić information content (AvgIpc) is 3.34. The first-order valence-corrected chi connectivity index (χ1v) is 14.6. The Morgan fingerprint density at radius 2 is 1.55 bits per heavy atom. The van der Waals surface area contributed by atoms with E-state index >= 15 is 0 Å². The van der Waals surface area contributed by atoms with Crippen LogP contribution in [0.25, 0.3) is 5.57 Å². The normalized spacial score (nSPS) is 16.4.